The van der Waals surface area contributed by atoms with Gasteiger partial charge < -0.3 is 29.6 Å². The summed E-state index contributed by atoms with van der Waals surface area (Å²) in [5.41, 5.74) is 10.9. The Morgan fingerprint density at radius 1 is 1.07 bits per heavy atom. The number of nitrogens with two attached hydrogens (primary N) is 1. The van der Waals surface area contributed by atoms with Gasteiger partial charge in [0, 0.05) is 43.2 Å². The maximum Gasteiger partial charge on any atom is 0.255 e. The van der Waals surface area contributed by atoms with Crippen molar-refractivity contribution in [3.63, 3.8) is 0 Å². The summed E-state index contributed by atoms with van der Waals surface area (Å²) >= 11 is 0. The first kappa shape index (κ1) is 26.1. The number of pyridine rings is 2. The van der Waals surface area contributed by atoms with E-state index in [1.165, 1.54) is 6.07 Å². The average Bonchev–Trinajstić information content (AvgIpc) is 3.42. The van der Waals surface area contributed by atoms with Gasteiger partial charge in [-0.2, -0.15) is 4.39 Å². The standard InChI is InChI=1S/C32H32FN7O3/c1-38-28-22(11-19(13-26(28)43-2)32(42)40-15-18-6-9-23(40)27(18)34)37-31(38)24-12-17-5-7-21(20-8-10-25(41)29(33)35-20)36-30(17)39(24)14-16-3-4-16/h5,7-8,10-13,16,18,23,27,41H,3-4,6,9,14-15,34H2,1-2H3/t18?,23?,27-/m1/s1. The molecule has 1 aromatic carbocycles. The van der Waals surface area contributed by atoms with Crippen molar-refractivity contribution in [2.24, 2.45) is 24.6 Å². The molecule has 220 valence electrons. The van der Waals surface area contributed by atoms with Crippen LogP contribution in [-0.2, 0) is 13.6 Å². The number of benzene rings is 1. The van der Waals surface area contributed by atoms with Crippen molar-refractivity contribution < 1.29 is 19.0 Å². The number of piperidine rings is 1. The fourth-order valence-corrected chi connectivity index (χ4v) is 7.03. The number of carbonyl (C=O) groups excluding carboxylic acids is 1. The number of aromatic hydroxyl groups is 1. The van der Waals surface area contributed by atoms with Crippen LogP contribution in [0.4, 0.5) is 4.39 Å². The molecule has 2 saturated carbocycles. The summed E-state index contributed by atoms with van der Waals surface area (Å²) in [6.07, 6.45) is 4.32. The van der Waals surface area contributed by atoms with Crippen LogP contribution in [0.3, 0.4) is 0 Å². The minimum absolute atomic E-state index is 0.0334. The molecule has 4 aromatic heterocycles. The zero-order chi connectivity index (χ0) is 29.6. The van der Waals surface area contributed by atoms with Gasteiger partial charge in [-0.3, -0.25) is 4.79 Å². The van der Waals surface area contributed by atoms with Crippen LogP contribution in [0.2, 0.25) is 0 Å². The molecular weight excluding hydrogens is 549 g/mol. The zero-order valence-corrected chi connectivity index (χ0v) is 24.0. The molecule has 2 unspecified atom stereocenters. The number of amides is 1. The van der Waals surface area contributed by atoms with Crippen LogP contribution >= 0.6 is 0 Å². The molecule has 5 heterocycles. The van der Waals surface area contributed by atoms with E-state index in [1.807, 2.05) is 34.7 Å². The molecule has 11 heteroatoms. The molecule has 3 fully saturated rings. The van der Waals surface area contributed by atoms with Crippen LogP contribution in [0.25, 0.3) is 45.0 Å². The van der Waals surface area contributed by atoms with Crippen molar-refractivity contribution >= 4 is 28.0 Å². The number of ether oxygens (including phenoxy) is 1. The molecule has 3 N–H and O–H groups in total. The molecular formula is C32H32FN7O3. The minimum Gasteiger partial charge on any atom is -0.504 e. The highest BCUT2D eigenvalue weighted by molar-refractivity contribution is 6.00. The van der Waals surface area contributed by atoms with E-state index in [2.05, 4.69) is 15.6 Å². The Morgan fingerprint density at radius 2 is 1.86 bits per heavy atom. The van der Waals surface area contributed by atoms with Crippen LogP contribution in [-0.4, -0.2) is 65.7 Å². The van der Waals surface area contributed by atoms with Gasteiger partial charge in [-0.05, 0) is 80.0 Å². The number of aromatic nitrogens is 5. The van der Waals surface area contributed by atoms with Crippen molar-refractivity contribution in [1.82, 2.24) is 29.0 Å². The van der Waals surface area contributed by atoms with Crippen LogP contribution in [0, 0.1) is 17.8 Å². The molecule has 1 saturated heterocycles. The summed E-state index contributed by atoms with van der Waals surface area (Å²) < 4.78 is 24.0. The van der Waals surface area contributed by atoms with Crippen molar-refractivity contribution in [1.29, 1.82) is 0 Å². The van der Waals surface area contributed by atoms with Gasteiger partial charge in [-0.1, -0.05) is 0 Å². The molecule has 0 spiro atoms. The number of rotatable bonds is 6. The molecule has 43 heavy (non-hydrogen) atoms. The number of hydrogen-bond acceptors (Lipinski definition) is 7. The lowest BCUT2D eigenvalue weighted by atomic mass is 10.1. The lowest BCUT2D eigenvalue weighted by molar-refractivity contribution is 0.0700. The van der Waals surface area contributed by atoms with Gasteiger partial charge in [-0.25, -0.2) is 15.0 Å². The summed E-state index contributed by atoms with van der Waals surface area (Å²) in [4.78, 5) is 29.4. The lowest BCUT2D eigenvalue weighted by Crippen LogP contribution is -2.41. The Labute approximate surface area is 246 Å². The second-order valence-corrected chi connectivity index (χ2v) is 12.2. The second kappa shape index (κ2) is 9.50. The summed E-state index contributed by atoms with van der Waals surface area (Å²) in [6, 6.07) is 12.5. The highest BCUT2D eigenvalue weighted by Gasteiger charge is 2.47. The largest absolute Gasteiger partial charge is 0.504 e. The van der Waals surface area contributed by atoms with E-state index in [9.17, 15) is 14.3 Å². The highest BCUT2D eigenvalue weighted by Crippen LogP contribution is 2.40. The highest BCUT2D eigenvalue weighted by atomic mass is 19.1. The van der Waals surface area contributed by atoms with Crippen molar-refractivity contribution in [3.8, 4) is 34.4 Å². The SMILES string of the molecule is COc1cc(C(=O)N2CC3CCC2[C@@H]3N)cc2nc(-c3cc4ccc(-c5ccc(O)c(F)n5)nc4n3CC3CC3)n(C)c12. The van der Waals surface area contributed by atoms with Gasteiger partial charge in [0.15, 0.2) is 11.6 Å². The molecule has 3 aliphatic rings. The van der Waals surface area contributed by atoms with Crippen molar-refractivity contribution in [2.75, 3.05) is 13.7 Å². The Morgan fingerprint density at radius 3 is 2.56 bits per heavy atom. The van der Waals surface area contributed by atoms with Crippen molar-refractivity contribution in [2.45, 2.75) is 44.3 Å². The Bertz CT molecular complexity index is 1940. The van der Waals surface area contributed by atoms with E-state index in [0.29, 0.717) is 46.6 Å². The topological polar surface area (TPSA) is 124 Å². The molecule has 5 aromatic rings. The fraction of sp³-hybridized carbons (Fsp3) is 0.375. The average molecular weight is 582 g/mol. The Balaban J connectivity index is 1.24. The van der Waals surface area contributed by atoms with E-state index < -0.39 is 11.7 Å². The third-order valence-corrected chi connectivity index (χ3v) is 9.52. The fourth-order valence-electron chi connectivity index (χ4n) is 7.03. The third kappa shape index (κ3) is 4.09. The van der Waals surface area contributed by atoms with Gasteiger partial charge in [0.25, 0.3) is 11.9 Å². The minimum atomic E-state index is -0.931. The Hall–Kier alpha value is -4.51. The number of imidazole rings is 1. The van der Waals surface area contributed by atoms with Gasteiger partial charge in [-0.15, -0.1) is 0 Å². The van der Waals surface area contributed by atoms with Gasteiger partial charge in [0.05, 0.1) is 29.7 Å². The second-order valence-electron chi connectivity index (χ2n) is 12.2. The zero-order valence-electron chi connectivity index (χ0n) is 24.0. The molecule has 2 bridgehead atoms. The van der Waals surface area contributed by atoms with Gasteiger partial charge >= 0.3 is 0 Å². The summed E-state index contributed by atoms with van der Waals surface area (Å²) in [5, 5.41) is 10.5. The first-order valence-electron chi connectivity index (χ1n) is 14.8. The van der Waals surface area contributed by atoms with Gasteiger partial charge in [0.2, 0.25) is 0 Å². The first-order chi connectivity index (χ1) is 20.8. The number of hydrogen-bond donors (Lipinski definition) is 2. The lowest BCUT2D eigenvalue weighted by Gasteiger charge is -2.27. The number of aryl methyl sites for hydroxylation is 1. The summed E-state index contributed by atoms with van der Waals surface area (Å²) in [6.45, 7) is 1.47. The number of likely N-dealkylation sites (tertiary alicyclic amines) is 1. The molecule has 0 radical (unpaired) electrons. The number of carbonyl (C=O) groups is 1. The quantitative estimate of drug-likeness (QED) is 0.284. The van der Waals surface area contributed by atoms with Crippen LogP contribution < -0.4 is 10.5 Å². The molecule has 1 aliphatic heterocycles. The molecule has 1 amide bonds. The smallest absolute Gasteiger partial charge is 0.255 e. The maximum atomic E-state index is 14.0. The van der Waals surface area contributed by atoms with E-state index in [-0.39, 0.29) is 18.0 Å². The predicted octanol–water partition coefficient (Wildman–Crippen LogP) is 4.48. The van der Waals surface area contributed by atoms with E-state index in [0.717, 1.165) is 60.3 Å². The predicted molar refractivity (Wildman–Crippen MR) is 159 cm³/mol. The van der Waals surface area contributed by atoms with Gasteiger partial charge in [0.1, 0.15) is 16.9 Å². The van der Waals surface area contributed by atoms with Crippen LogP contribution in [0.5, 0.6) is 11.5 Å². The summed E-state index contributed by atoms with van der Waals surface area (Å²) in [7, 11) is 3.56. The third-order valence-electron chi connectivity index (χ3n) is 9.52. The van der Waals surface area contributed by atoms with E-state index in [1.54, 1.807) is 19.2 Å². The van der Waals surface area contributed by atoms with Crippen LogP contribution in [0.15, 0.2) is 42.5 Å². The molecule has 2 aliphatic carbocycles. The van der Waals surface area contributed by atoms with Crippen LogP contribution in [0.1, 0.15) is 36.0 Å². The van der Waals surface area contributed by atoms with Crippen molar-refractivity contribution in [3.05, 3.63) is 54.0 Å². The number of halogens is 1. The number of nitrogens with zero attached hydrogens (tertiary/aromatic N) is 6. The molecule has 3 atom stereocenters. The summed E-state index contributed by atoms with van der Waals surface area (Å²) in [5.74, 6) is 0.763. The van der Waals surface area contributed by atoms with E-state index >= 15 is 0 Å². The normalized spacial score (nSPS) is 21.4. The molecule has 10 nitrogen and oxygen atoms in total. The number of methoxy groups -OCH3 is 1. The monoisotopic (exact) mass is 581 g/mol. The maximum absolute atomic E-state index is 14.0. The number of fused-ring (bicyclic) bond motifs is 4. The molecule has 8 rings (SSSR count). The Kier molecular flexibility index (Phi) is 5.78. The first-order valence-corrected chi connectivity index (χ1v) is 14.8. The van der Waals surface area contributed by atoms with E-state index in [4.69, 9.17) is 20.4 Å².